The van der Waals surface area contributed by atoms with Crippen molar-refractivity contribution in [2.45, 2.75) is 51.7 Å². The molecule has 0 aliphatic heterocycles. The van der Waals surface area contributed by atoms with Crippen molar-refractivity contribution in [3.8, 4) is 0 Å². The van der Waals surface area contributed by atoms with Crippen LogP contribution >= 0.6 is 0 Å². The summed E-state index contributed by atoms with van der Waals surface area (Å²) in [6, 6.07) is 6.29. The summed E-state index contributed by atoms with van der Waals surface area (Å²) < 4.78 is 2.25. The van der Waals surface area contributed by atoms with Crippen LogP contribution < -0.4 is 5.73 Å². The SMILES string of the molecule is CC1CCCCCC1n1c(CO)nc2cc(N)ccc21. The highest BCUT2D eigenvalue weighted by Gasteiger charge is 2.25. The molecule has 1 aromatic heterocycles. The normalized spacial score (nSPS) is 23.9. The van der Waals surface area contributed by atoms with Gasteiger partial charge in [-0.2, -0.15) is 0 Å². The number of imidazole rings is 1. The summed E-state index contributed by atoms with van der Waals surface area (Å²) in [7, 11) is 0. The third kappa shape index (κ3) is 2.29. The summed E-state index contributed by atoms with van der Waals surface area (Å²) in [5.74, 6) is 1.39. The van der Waals surface area contributed by atoms with E-state index in [1.54, 1.807) is 0 Å². The molecule has 4 nitrogen and oxygen atoms in total. The Morgan fingerprint density at radius 1 is 1.30 bits per heavy atom. The second-order valence-corrected chi connectivity index (χ2v) is 5.99. The molecule has 20 heavy (non-hydrogen) atoms. The summed E-state index contributed by atoms with van der Waals surface area (Å²) in [6.45, 7) is 2.30. The van der Waals surface area contributed by atoms with Crippen molar-refractivity contribution < 1.29 is 5.11 Å². The summed E-state index contributed by atoms with van der Waals surface area (Å²) in [5.41, 5.74) is 8.56. The number of rotatable bonds is 2. The fourth-order valence-electron chi connectivity index (χ4n) is 3.50. The van der Waals surface area contributed by atoms with Gasteiger partial charge in [0.2, 0.25) is 0 Å². The van der Waals surface area contributed by atoms with Crippen LogP contribution in [-0.2, 0) is 6.61 Å². The summed E-state index contributed by atoms with van der Waals surface area (Å²) in [5, 5.41) is 9.66. The topological polar surface area (TPSA) is 64.1 Å². The number of aliphatic hydroxyl groups excluding tert-OH is 1. The molecule has 1 aliphatic rings. The number of nitrogen functional groups attached to an aromatic ring is 1. The molecule has 0 bridgehead atoms. The zero-order valence-electron chi connectivity index (χ0n) is 12.0. The van der Waals surface area contributed by atoms with Crippen LogP contribution in [0.2, 0.25) is 0 Å². The van der Waals surface area contributed by atoms with Gasteiger partial charge in [-0.1, -0.05) is 26.2 Å². The van der Waals surface area contributed by atoms with Crippen molar-refractivity contribution in [2.75, 3.05) is 5.73 Å². The molecule has 4 heteroatoms. The number of aromatic nitrogens is 2. The lowest BCUT2D eigenvalue weighted by atomic mass is 9.96. The minimum absolute atomic E-state index is 0.0161. The fraction of sp³-hybridized carbons (Fsp3) is 0.562. The Bertz CT molecular complexity index is 605. The van der Waals surface area contributed by atoms with E-state index in [1.807, 2.05) is 18.2 Å². The van der Waals surface area contributed by atoms with E-state index >= 15 is 0 Å². The summed E-state index contributed by atoms with van der Waals surface area (Å²) in [6.07, 6.45) is 6.31. The van der Waals surface area contributed by atoms with Gasteiger partial charge in [0.15, 0.2) is 0 Å². The van der Waals surface area contributed by atoms with E-state index in [1.165, 1.54) is 32.1 Å². The van der Waals surface area contributed by atoms with Crippen LogP contribution in [0.4, 0.5) is 5.69 Å². The molecule has 1 aromatic carbocycles. The molecule has 1 heterocycles. The molecule has 3 rings (SSSR count). The minimum Gasteiger partial charge on any atom is -0.399 e. The van der Waals surface area contributed by atoms with Gasteiger partial charge in [0.1, 0.15) is 12.4 Å². The standard InChI is InChI=1S/C16H23N3O/c1-11-5-3-2-4-6-14(11)19-15-8-7-12(17)9-13(15)18-16(19)10-20/h7-9,11,14,20H,2-6,10,17H2,1H3. The van der Waals surface area contributed by atoms with E-state index in [4.69, 9.17) is 5.73 Å². The van der Waals surface area contributed by atoms with E-state index < -0.39 is 0 Å². The van der Waals surface area contributed by atoms with Gasteiger partial charge >= 0.3 is 0 Å². The highest BCUT2D eigenvalue weighted by Crippen LogP contribution is 2.36. The molecule has 1 aliphatic carbocycles. The lowest BCUT2D eigenvalue weighted by Crippen LogP contribution is -2.18. The molecule has 2 atom stereocenters. The van der Waals surface area contributed by atoms with Gasteiger partial charge < -0.3 is 15.4 Å². The van der Waals surface area contributed by atoms with Gasteiger partial charge in [-0.15, -0.1) is 0 Å². The van der Waals surface area contributed by atoms with Gasteiger partial charge in [-0.25, -0.2) is 4.98 Å². The van der Waals surface area contributed by atoms with Crippen LogP contribution in [0.5, 0.6) is 0 Å². The molecular weight excluding hydrogens is 250 g/mol. The molecule has 0 saturated heterocycles. The van der Waals surface area contributed by atoms with Crippen molar-refractivity contribution in [1.29, 1.82) is 0 Å². The second kappa shape index (κ2) is 5.44. The van der Waals surface area contributed by atoms with Crippen molar-refractivity contribution >= 4 is 16.7 Å². The largest absolute Gasteiger partial charge is 0.399 e. The molecule has 0 spiro atoms. The maximum atomic E-state index is 9.66. The first-order chi connectivity index (χ1) is 9.70. The third-order valence-corrected chi connectivity index (χ3v) is 4.58. The Kier molecular flexibility index (Phi) is 3.66. The first-order valence-electron chi connectivity index (χ1n) is 7.58. The Labute approximate surface area is 119 Å². The average Bonchev–Trinajstić information content (AvgIpc) is 2.66. The number of hydrogen-bond donors (Lipinski definition) is 2. The average molecular weight is 273 g/mol. The zero-order chi connectivity index (χ0) is 14.1. The molecule has 0 radical (unpaired) electrons. The van der Waals surface area contributed by atoms with Crippen LogP contribution in [-0.4, -0.2) is 14.7 Å². The van der Waals surface area contributed by atoms with Crippen LogP contribution in [0.25, 0.3) is 11.0 Å². The minimum atomic E-state index is -0.0161. The monoisotopic (exact) mass is 273 g/mol. The highest BCUT2D eigenvalue weighted by atomic mass is 16.3. The molecule has 2 unspecified atom stereocenters. The highest BCUT2D eigenvalue weighted by molar-refractivity contribution is 5.79. The molecule has 0 amide bonds. The zero-order valence-corrected chi connectivity index (χ0v) is 12.0. The van der Waals surface area contributed by atoms with Crippen molar-refractivity contribution in [3.05, 3.63) is 24.0 Å². The van der Waals surface area contributed by atoms with E-state index in [-0.39, 0.29) is 6.61 Å². The smallest absolute Gasteiger partial charge is 0.135 e. The molecule has 2 aromatic rings. The lowest BCUT2D eigenvalue weighted by Gasteiger charge is -2.25. The number of benzene rings is 1. The first-order valence-corrected chi connectivity index (χ1v) is 7.58. The van der Waals surface area contributed by atoms with Crippen LogP contribution in [0.3, 0.4) is 0 Å². The van der Waals surface area contributed by atoms with Gasteiger partial charge in [0, 0.05) is 11.7 Å². The predicted molar refractivity (Wildman–Crippen MR) is 81.4 cm³/mol. The van der Waals surface area contributed by atoms with E-state index in [2.05, 4.69) is 16.5 Å². The van der Waals surface area contributed by atoms with Crippen molar-refractivity contribution in [1.82, 2.24) is 9.55 Å². The molecular formula is C16H23N3O. The predicted octanol–water partition coefficient (Wildman–Crippen LogP) is 3.25. The Hall–Kier alpha value is -1.55. The van der Waals surface area contributed by atoms with Crippen molar-refractivity contribution in [3.63, 3.8) is 0 Å². The summed E-state index contributed by atoms with van der Waals surface area (Å²) in [4.78, 5) is 4.57. The van der Waals surface area contributed by atoms with Crippen molar-refractivity contribution in [2.24, 2.45) is 5.92 Å². The Balaban J connectivity index is 2.12. The Morgan fingerprint density at radius 3 is 2.90 bits per heavy atom. The molecule has 108 valence electrons. The number of nitrogens with two attached hydrogens (primary N) is 1. The molecule has 1 saturated carbocycles. The van der Waals surface area contributed by atoms with Crippen LogP contribution in [0, 0.1) is 5.92 Å². The van der Waals surface area contributed by atoms with E-state index in [0.717, 1.165) is 22.5 Å². The summed E-state index contributed by atoms with van der Waals surface area (Å²) >= 11 is 0. The van der Waals surface area contributed by atoms with Gasteiger partial charge in [-0.3, -0.25) is 0 Å². The Morgan fingerprint density at radius 2 is 2.10 bits per heavy atom. The first kappa shape index (κ1) is 13.4. The van der Waals surface area contributed by atoms with E-state index in [0.29, 0.717) is 12.0 Å². The fourth-order valence-corrected chi connectivity index (χ4v) is 3.50. The second-order valence-electron chi connectivity index (χ2n) is 5.99. The maximum absolute atomic E-state index is 9.66. The van der Waals surface area contributed by atoms with Gasteiger partial charge in [-0.05, 0) is 37.0 Å². The number of nitrogens with zero attached hydrogens (tertiary/aromatic N) is 2. The van der Waals surface area contributed by atoms with Crippen LogP contribution in [0.1, 0.15) is 50.9 Å². The van der Waals surface area contributed by atoms with Gasteiger partial charge in [0.05, 0.1) is 11.0 Å². The third-order valence-electron chi connectivity index (χ3n) is 4.58. The number of aliphatic hydroxyl groups is 1. The molecule has 3 N–H and O–H groups in total. The van der Waals surface area contributed by atoms with Crippen LogP contribution in [0.15, 0.2) is 18.2 Å². The number of anilines is 1. The number of hydrogen-bond acceptors (Lipinski definition) is 3. The number of fused-ring (bicyclic) bond motifs is 1. The quantitative estimate of drug-likeness (QED) is 0.652. The molecule has 1 fully saturated rings. The van der Waals surface area contributed by atoms with E-state index in [9.17, 15) is 5.11 Å². The van der Waals surface area contributed by atoms with Gasteiger partial charge in [0.25, 0.3) is 0 Å². The lowest BCUT2D eigenvalue weighted by molar-refractivity contribution is 0.248. The maximum Gasteiger partial charge on any atom is 0.135 e.